The first kappa shape index (κ1) is 32.3. The average Bonchev–Trinajstić information content (AvgIpc) is 3.06. The molecule has 0 aliphatic heterocycles. The standard InChI is InChI=1S/C35H39N3O5S/c1-3-4-24-36-35(40)33(25-28-14-8-5-9-15-28)37(26-29-16-10-6-11-17-29)34(39)27-38(30-18-12-7-13-19-30)44(41,42)32-22-20-31(43-2)21-23-32/h5-23,33H,3-4,24-27H2,1-2H3,(H,36,40)/t33-/m0/s1. The molecule has 1 atom stereocenters. The second kappa shape index (κ2) is 15.7. The van der Waals surface area contributed by atoms with Gasteiger partial charge in [0.05, 0.1) is 17.7 Å². The summed E-state index contributed by atoms with van der Waals surface area (Å²) in [7, 11) is -2.67. The van der Waals surface area contributed by atoms with Crippen molar-refractivity contribution in [2.24, 2.45) is 0 Å². The van der Waals surface area contributed by atoms with Crippen LogP contribution in [-0.4, -0.2) is 51.4 Å². The van der Waals surface area contributed by atoms with Gasteiger partial charge in [-0.3, -0.25) is 13.9 Å². The van der Waals surface area contributed by atoms with Crippen LogP contribution in [0.1, 0.15) is 30.9 Å². The van der Waals surface area contributed by atoms with Crippen molar-refractivity contribution >= 4 is 27.5 Å². The molecule has 0 spiro atoms. The first-order chi connectivity index (χ1) is 21.3. The lowest BCUT2D eigenvalue weighted by molar-refractivity contribution is -0.140. The number of amides is 2. The van der Waals surface area contributed by atoms with Gasteiger partial charge in [0.1, 0.15) is 18.3 Å². The summed E-state index contributed by atoms with van der Waals surface area (Å²) in [4.78, 5) is 29.7. The molecule has 0 saturated heterocycles. The topological polar surface area (TPSA) is 96.0 Å². The highest BCUT2D eigenvalue weighted by Crippen LogP contribution is 2.26. The molecule has 4 aromatic carbocycles. The van der Waals surface area contributed by atoms with Crippen molar-refractivity contribution < 1.29 is 22.7 Å². The Bertz CT molecular complexity index is 1580. The highest BCUT2D eigenvalue weighted by Gasteiger charge is 2.34. The summed E-state index contributed by atoms with van der Waals surface area (Å²) in [6.07, 6.45) is 1.98. The van der Waals surface area contributed by atoms with Crippen LogP contribution in [0.4, 0.5) is 5.69 Å². The molecule has 1 N–H and O–H groups in total. The number of nitrogens with one attached hydrogen (secondary N) is 1. The number of hydrogen-bond donors (Lipinski definition) is 1. The Balaban J connectivity index is 1.75. The highest BCUT2D eigenvalue weighted by atomic mass is 32.2. The lowest BCUT2D eigenvalue weighted by Gasteiger charge is -2.34. The zero-order valence-electron chi connectivity index (χ0n) is 25.1. The van der Waals surface area contributed by atoms with Crippen molar-refractivity contribution in [2.75, 3.05) is 24.5 Å². The fourth-order valence-electron chi connectivity index (χ4n) is 4.84. The van der Waals surface area contributed by atoms with Crippen LogP contribution >= 0.6 is 0 Å². The van der Waals surface area contributed by atoms with Crippen LogP contribution in [0, 0.1) is 0 Å². The number of ether oxygens (including phenoxy) is 1. The third-order valence-electron chi connectivity index (χ3n) is 7.27. The van der Waals surface area contributed by atoms with Gasteiger partial charge >= 0.3 is 0 Å². The molecule has 0 saturated carbocycles. The summed E-state index contributed by atoms with van der Waals surface area (Å²) >= 11 is 0. The Morgan fingerprint density at radius 2 is 1.36 bits per heavy atom. The number of sulfonamides is 1. The molecule has 0 aliphatic carbocycles. The largest absolute Gasteiger partial charge is 0.497 e. The van der Waals surface area contributed by atoms with Crippen molar-refractivity contribution in [3.8, 4) is 5.75 Å². The maximum absolute atomic E-state index is 14.4. The zero-order valence-corrected chi connectivity index (χ0v) is 26.0. The predicted molar refractivity (Wildman–Crippen MR) is 173 cm³/mol. The first-order valence-corrected chi connectivity index (χ1v) is 16.1. The van der Waals surface area contributed by atoms with E-state index >= 15 is 0 Å². The SMILES string of the molecule is CCCCNC(=O)[C@H](Cc1ccccc1)N(Cc1ccccc1)C(=O)CN(c1ccccc1)S(=O)(=O)c1ccc(OC)cc1. The van der Waals surface area contributed by atoms with Crippen molar-refractivity contribution in [2.45, 2.75) is 43.7 Å². The van der Waals surface area contributed by atoms with Crippen molar-refractivity contribution in [3.63, 3.8) is 0 Å². The summed E-state index contributed by atoms with van der Waals surface area (Å²) < 4.78 is 34.4. The van der Waals surface area contributed by atoms with E-state index in [9.17, 15) is 18.0 Å². The fourth-order valence-corrected chi connectivity index (χ4v) is 6.25. The van der Waals surface area contributed by atoms with E-state index in [0.29, 0.717) is 18.0 Å². The summed E-state index contributed by atoms with van der Waals surface area (Å²) in [5.41, 5.74) is 2.05. The molecular weight excluding hydrogens is 574 g/mol. The second-order valence-electron chi connectivity index (χ2n) is 10.4. The first-order valence-electron chi connectivity index (χ1n) is 14.7. The van der Waals surface area contributed by atoms with Gasteiger partial charge in [-0.25, -0.2) is 8.42 Å². The normalized spacial score (nSPS) is 11.8. The van der Waals surface area contributed by atoms with Gasteiger partial charge in [0.25, 0.3) is 10.0 Å². The predicted octanol–water partition coefficient (Wildman–Crippen LogP) is 5.45. The number of hydrogen-bond acceptors (Lipinski definition) is 5. The number of para-hydroxylation sites is 1. The molecule has 9 heteroatoms. The number of carbonyl (C=O) groups is 2. The van der Waals surface area contributed by atoms with E-state index in [1.807, 2.05) is 67.6 Å². The summed E-state index contributed by atoms with van der Waals surface area (Å²) in [5.74, 6) is -0.268. The van der Waals surface area contributed by atoms with E-state index in [0.717, 1.165) is 28.3 Å². The Kier molecular flexibility index (Phi) is 11.5. The van der Waals surface area contributed by atoms with Gasteiger partial charge in [-0.1, -0.05) is 92.2 Å². The molecule has 44 heavy (non-hydrogen) atoms. The van der Waals surface area contributed by atoms with Crippen molar-refractivity contribution in [1.29, 1.82) is 0 Å². The number of nitrogens with zero attached hydrogens (tertiary/aromatic N) is 2. The molecule has 0 radical (unpaired) electrons. The van der Waals surface area contributed by atoms with E-state index in [1.165, 1.54) is 24.1 Å². The van der Waals surface area contributed by atoms with Gasteiger partial charge < -0.3 is 15.0 Å². The van der Waals surface area contributed by atoms with Gasteiger partial charge in [-0.2, -0.15) is 0 Å². The quantitative estimate of drug-likeness (QED) is 0.180. The third kappa shape index (κ3) is 8.48. The van der Waals surface area contributed by atoms with Gasteiger partial charge in [-0.05, 0) is 53.9 Å². The molecule has 230 valence electrons. The highest BCUT2D eigenvalue weighted by molar-refractivity contribution is 7.92. The van der Waals surface area contributed by atoms with E-state index < -0.39 is 28.5 Å². The number of unbranched alkanes of at least 4 members (excludes halogenated alkanes) is 1. The summed E-state index contributed by atoms with van der Waals surface area (Å²) in [5, 5.41) is 3.00. The van der Waals surface area contributed by atoms with Crippen LogP contribution < -0.4 is 14.4 Å². The fraction of sp³-hybridized carbons (Fsp3) is 0.257. The lowest BCUT2D eigenvalue weighted by Crippen LogP contribution is -2.53. The minimum Gasteiger partial charge on any atom is -0.497 e. The number of benzene rings is 4. The number of anilines is 1. The Hall–Kier alpha value is -4.63. The third-order valence-corrected chi connectivity index (χ3v) is 9.05. The van der Waals surface area contributed by atoms with Crippen LogP contribution in [-0.2, 0) is 32.6 Å². The van der Waals surface area contributed by atoms with Crippen LogP contribution in [0.2, 0.25) is 0 Å². The average molecular weight is 614 g/mol. The Morgan fingerprint density at radius 1 is 0.795 bits per heavy atom. The zero-order chi connectivity index (χ0) is 31.4. The molecule has 0 unspecified atom stereocenters. The molecule has 0 heterocycles. The van der Waals surface area contributed by atoms with Gasteiger partial charge in [-0.15, -0.1) is 0 Å². The van der Waals surface area contributed by atoms with Gasteiger partial charge in [0.2, 0.25) is 11.8 Å². The Morgan fingerprint density at radius 3 is 1.93 bits per heavy atom. The van der Waals surface area contributed by atoms with Crippen LogP contribution in [0.3, 0.4) is 0 Å². The molecule has 4 aromatic rings. The maximum atomic E-state index is 14.4. The van der Waals surface area contributed by atoms with Gasteiger partial charge in [0, 0.05) is 19.5 Å². The molecule has 0 aromatic heterocycles. The van der Waals surface area contributed by atoms with Crippen molar-refractivity contribution in [3.05, 3.63) is 126 Å². The summed E-state index contributed by atoms with van der Waals surface area (Å²) in [6.45, 7) is 2.15. The molecule has 0 fully saturated rings. The minimum absolute atomic E-state index is 0.0164. The lowest BCUT2D eigenvalue weighted by atomic mass is 10.0. The number of methoxy groups -OCH3 is 1. The van der Waals surface area contributed by atoms with Crippen LogP contribution in [0.15, 0.2) is 120 Å². The molecule has 4 rings (SSSR count). The van der Waals surface area contributed by atoms with E-state index in [1.54, 1.807) is 42.5 Å². The molecular formula is C35H39N3O5S. The smallest absolute Gasteiger partial charge is 0.264 e. The van der Waals surface area contributed by atoms with Crippen LogP contribution in [0.5, 0.6) is 5.75 Å². The maximum Gasteiger partial charge on any atom is 0.264 e. The second-order valence-corrected chi connectivity index (χ2v) is 12.2. The van der Waals surface area contributed by atoms with Crippen LogP contribution in [0.25, 0.3) is 0 Å². The minimum atomic E-state index is -4.17. The van der Waals surface area contributed by atoms with E-state index in [4.69, 9.17) is 4.74 Å². The molecule has 8 nitrogen and oxygen atoms in total. The van der Waals surface area contributed by atoms with Gasteiger partial charge in [0.15, 0.2) is 0 Å². The molecule has 0 bridgehead atoms. The molecule has 2 amide bonds. The number of carbonyl (C=O) groups excluding carboxylic acids is 2. The van der Waals surface area contributed by atoms with E-state index in [2.05, 4.69) is 5.32 Å². The monoisotopic (exact) mass is 613 g/mol. The van der Waals surface area contributed by atoms with E-state index in [-0.39, 0.29) is 23.8 Å². The molecule has 0 aliphatic rings. The number of rotatable bonds is 15. The summed E-state index contributed by atoms with van der Waals surface area (Å²) in [6, 6.07) is 32.6. The van der Waals surface area contributed by atoms with Crippen molar-refractivity contribution in [1.82, 2.24) is 10.2 Å². The Labute approximate surface area is 260 Å².